The molecule has 1 atom stereocenters. The second kappa shape index (κ2) is 6.47. The van der Waals surface area contributed by atoms with Gasteiger partial charge in [-0.25, -0.2) is 4.79 Å². The summed E-state index contributed by atoms with van der Waals surface area (Å²) in [5.74, 6) is -1.52. The molecule has 1 aliphatic rings. The largest absolute Gasteiger partial charge is 0.457 e. The average molecular weight is 350 g/mol. The van der Waals surface area contributed by atoms with E-state index in [1.807, 2.05) is 18.2 Å². The molecule has 0 aromatic heterocycles. The molecule has 1 heterocycles. The van der Waals surface area contributed by atoms with Gasteiger partial charge in [-0.3, -0.25) is 9.59 Å². The predicted molar refractivity (Wildman–Crippen MR) is 91.3 cm³/mol. The quantitative estimate of drug-likeness (QED) is 0.614. The Balaban J connectivity index is 2.53. The average Bonchev–Trinajstić information content (AvgIpc) is 2.49. The molecule has 2 amide bonds. The topological polar surface area (TPSA) is 66.9 Å². The number of benzene rings is 1. The second-order valence-electron chi connectivity index (χ2n) is 6.67. The number of thioether (sulfide) groups is 1. The van der Waals surface area contributed by atoms with Crippen molar-refractivity contribution in [1.29, 1.82) is 0 Å². The van der Waals surface area contributed by atoms with E-state index in [-0.39, 0.29) is 12.5 Å². The van der Waals surface area contributed by atoms with E-state index in [4.69, 9.17) is 4.74 Å². The molecule has 2 rings (SSSR count). The normalized spacial score (nSPS) is 21.9. The maximum absolute atomic E-state index is 13.0. The number of esters is 1. The van der Waals surface area contributed by atoms with Crippen LogP contribution in [0, 0.1) is 0 Å². The summed E-state index contributed by atoms with van der Waals surface area (Å²) in [5, 5.41) is 0. The fraction of sp³-hybridized carbons (Fsp3) is 0.471. The highest BCUT2D eigenvalue weighted by Crippen LogP contribution is 2.40. The molecule has 0 radical (unpaired) electrons. The van der Waals surface area contributed by atoms with E-state index < -0.39 is 22.3 Å². The second-order valence-corrected chi connectivity index (χ2v) is 7.94. The van der Waals surface area contributed by atoms with Crippen molar-refractivity contribution < 1.29 is 19.1 Å². The van der Waals surface area contributed by atoms with Gasteiger partial charge in [-0.05, 0) is 32.9 Å². The predicted octanol–water partition coefficient (Wildman–Crippen LogP) is 1.75. The molecule has 0 spiro atoms. The lowest BCUT2D eigenvalue weighted by Crippen LogP contribution is -2.68. The van der Waals surface area contributed by atoms with E-state index in [1.54, 1.807) is 32.9 Å². The summed E-state index contributed by atoms with van der Waals surface area (Å²) in [5.41, 5.74) is -0.776. The van der Waals surface area contributed by atoms with Crippen LogP contribution in [0.15, 0.2) is 35.2 Å². The third-order valence-corrected chi connectivity index (χ3v) is 4.96. The van der Waals surface area contributed by atoms with Crippen LogP contribution in [0.4, 0.5) is 0 Å². The molecule has 1 unspecified atom stereocenters. The minimum Gasteiger partial charge on any atom is -0.457 e. The van der Waals surface area contributed by atoms with Gasteiger partial charge in [0.15, 0.2) is 0 Å². The van der Waals surface area contributed by atoms with Gasteiger partial charge in [0.05, 0.1) is 6.54 Å². The number of carbonyl (C=O) groups is 3. The van der Waals surface area contributed by atoms with Crippen molar-refractivity contribution in [3.8, 4) is 0 Å². The molecule has 1 aromatic carbocycles. The summed E-state index contributed by atoms with van der Waals surface area (Å²) in [6.45, 7) is 5.12. The molecule has 130 valence electrons. The molecule has 24 heavy (non-hydrogen) atoms. The fourth-order valence-electron chi connectivity index (χ4n) is 2.34. The molecule has 0 N–H and O–H groups in total. The van der Waals surface area contributed by atoms with Gasteiger partial charge in [0, 0.05) is 19.0 Å². The highest BCUT2D eigenvalue weighted by Gasteiger charge is 2.59. The third kappa shape index (κ3) is 3.40. The number of amides is 2. The molecule has 1 aliphatic heterocycles. The van der Waals surface area contributed by atoms with Crippen molar-refractivity contribution in [2.45, 2.75) is 36.1 Å². The Bertz CT molecular complexity index is 656. The van der Waals surface area contributed by atoms with Gasteiger partial charge in [0.2, 0.25) is 5.91 Å². The maximum atomic E-state index is 13.0. The smallest absolute Gasteiger partial charge is 0.353 e. The number of hydrogen-bond donors (Lipinski definition) is 0. The van der Waals surface area contributed by atoms with Crippen molar-refractivity contribution in [3.63, 3.8) is 0 Å². The number of hydrogen-bond acceptors (Lipinski definition) is 5. The van der Waals surface area contributed by atoms with E-state index in [9.17, 15) is 14.4 Å². The summed E-state index contributed by atoms with van der Waals surface area (Å²) in [7, 11) is 2.98. The summed E-state index contributed by atoms with van der Waals surface area (Å²) >= 11 is 1.02. The SMILES string of the molecule is CN1CC(=O)N(C)C(Sc2ccccc2)(C(=O)OC(C)(C)C)C1=O. The molecule has 1 aromatic rings. The van der Waals surface area contributed by atoms with Crippen molar-refractivity contribution in [3.05, 3.63) is 30.3 Å². The lowest BCUT2D eigenvalue weighted by atomic mass is 10.1. The van der Waals surface area contributed by atoms with Crippen molar-refractivity contribution in [1.82, 2.24) is 9.80 Å². The molecule has 1 fully saturated rings. The van der Waals surface area contributed by atoms with Crippen LogP contribution in [0.25, 0.3) is 0 Å². The van der Waals surface area contributed by atoms with Gasteiger partial charge >= 0.3 is 5.97 Å². The maximum Gasteiger partial charge on any atom is 0.353 e. The van der Waals surface area contributed by atoms with Gasteiger partial charge in [-0.2, -0.15) is 0 Å². The van der Waals surface area contributed by atoms with Crippen LogP contribution in [0.1, 0.15) is 20.8 Å². The number of nitrogens with zero attached hydrogens (tertiary/aromatic N) is 2. The number of likely N-dealkylation sites (N-methyl/N-ethyl adjacent to an activating group) is 2. The van der Waals surface area contributed by atoms with Crippen LogP contribution in [-0.4, -0.2) is 58.7 Å². The van der Waals surface area contributed by atoms with Crippen molar-refractivity contribution in [2.24, 2.45) is 0 Å². The molecule has 0 saturated carbocycles. The monoisotopic (exact) mass is 350 g/mol. The zero-order valence-corrected chi connectivity index (χ0v) is 15.3. The van der Waals surface area contributed by atoms with Crippen LogP contribution in [0.3, 0.4) is 0 Å². The van der Waals surface area contributed by atoms with Crippen LogP contribution in [0.5, 0.6) is 0 Å². The summed E-state index contributed by atoms with van der Waals surface area (Å²) < 4.78 is 5.49. The summed E-state index contributed by atoms with van der Waals surface area (Å²) in [6, 6.07) is 9.04. The van der Waals surface area contributed by atoms with Gasteiger partial charge in [-0.1, -0.05) is 30.0 Å². The van der Waals surface area contributed by atoms with E-state index in [2.05, 4.69) is 0 Å². The third-order valence-electron chi connectivity index (χ3n) is 3.54. The van der Waals surface area contributed by atoms with E-state index in [0.29, 0.717) is 4.90 Å². The lowest BCUT2D eigenvalue weighted by molar-refractivity contribution is -0.175. The van der Waals surface area contributed by atoms with Crippen LogP contribution >= 0.6 is 11.8 Å². The highest BCUT2D eigenvalue weighted by molar-refractivity contribution is 8.02. The van der Waals surface area contributed by atoms with E-state index in [1.165, 1.54) is 23.9 Å². The standard InChI is InChI=1S/C17H22N2O4S/c1-16(2,3)23-15(22)17(24-12-9-7-6-8-10-12)14(21)18(4)11-13(20)19(17)5/h6-10H,11H2,1-5H3. The van der Waals surface area contributed by atoms with Gasteiger partial charge < -0.3 is 14.5 Å². The van der Waals surface area contributed by atoms with Gasteiger partial charge in [-0.15, -0.1) is 0 Å². The van der Waals surface area contributed by atoms with E-state index in [0.717, 1.165) is 11.8 Å². The Hall–Kier alpha value is -2.02. The Kier molecular flexibility index (Phi) is 4.94. The van der Waals surface area contributed by atoms with E-state index >= 15 is 0 Å². The van der Waals surface area contributed by atoms with Crippen LogP contribution < -0.4 is 0 Å². The minimum atomic E-state index is -1.77. The minimum absolute atomic E-state index is 0.0603. The number of ether oxygens (including phenoxy) is 1. The first-order valence-corrected chi connectivity index (χ1v) is 8.39. The Morgan fingerprint density at radius 3 is 2.29 bits per heavy atom. The highest BCUT2D eigenvalue weighted by atomic mass is 32.2. The Morgan fingerprint density at radius 1 is 1.17 bits per heavy atom. The molecule has 0 bridgehead atoms. The number of piperazine rings is 1. The zero-order valence-electron chi connectivity index (χ0n) is 14.5. The summed E-state index contributed by atoms with van der Waals surface area (Å²) in [4.78, 5) is 39.6. The van der Waals surface area contributed by atoms with Gasteiger partial charge in [0.25, 0.3) is 10.8 Å². The number of rotatable bonds is 3. The molecular formula is C17H22N2O4S. The first-order valence-electron chi connectivity index (χ1n) is 7.57. The molecule has 0 aliphatic carbocycles. The van der Waals surface area contributed by atoms with Crippen LogP contribution in [0.2, 0.25) is 0 Å². The van der Waals surface area contributed by atoms with Crippen LogP contribution in [-0.2, 0) is 19.1 Å². The lowest BCUT2D eigenvalue weighted by Gasteiger charge is -2.44. The van der Waals surface area contributed by atoms with Gasteiger partial charge in [0.1, 0.15) is 5.60 Å². The first-order chi connectivity index (χ1) is 11.1. The van der Waals surface area contributed by atoms with Crippen molar-refractivity contribution in [2.75, 3.05) is 20.6 Å². The molecular weight excluding hydrogens is 328 g/mol. The Labute approximate surface area is 146 Å². The first kappa shape index (κ1) is 18.3. The number of carbonyl (C=O) groups excluding carboxylic acids is 3. The molecule has 1 saturated heterocycles. The zero-order chi connectivity index (χ0) is 18.1. The Morgan fingerprint density at radius 2 is 1.75 bits per heavy atom. The molecule has 7 heteroatoms. The van der Waals surface area contributed by atoms with Crippen molar-refractivity contribution >= 4 is 29.5 Å². The molecule has 6 nitrogen and oxygen atoms in total. The fourth-order valence-corrected chi connectivity index (χ4v) is 3.58. The summed E-state index contributed by atoms with van der Waals surface area (Å²) in [6.07, 6.45) is 0.